The monoisotopic (exact) mass is 231 g/mol. The molecule has 0 aliphatic rings. The molecule has 1 aromatic heterocycles. The van der Waals surface area contributed by atoms with Crippen LogP contribution in [0.2, 0.25) is 5.02 Å². The second kappa shape index (κ2) is 3.84. The summed E-state index contributed by atoms with van der Waals surface area (Å²) < 4.78 is 0. The Hall–Kier alpha value is -1.47. The molecule has 0 aliphatic carbocycles. The van der Waals surface area contributed by atoms with Gasteiger partial charge in [0, 0.05) is 21.3 Å². The number of aromatic amines is 1. The fourth-order valence-corrected chi connectivity index (χ4v) is 2.09. The molecule has 1 N–H and O–H groups in total. The third-order valence-corrected chi connectivity index (χ3v) is 3.20. The lowest BCUT2D eigenvalue weighted by Gasteiger charge is -2.05. The second-order valence-corrected chi connectivity index (χ2v) is 4.32. The average molecular weight is 232 g/mol. The normalized spacial score (nSPS) is 10.9. The Balaban J connectivity index is 2.82. The highest BCUT2D eigenvalue weighted by atomic mass is 35.5. The summed E-state index contributed by atoms with van der Waals surface area (Å²) in [5.74, 6) is 0. The summed E-state index contributed by atoms with van der Waals surface area (Å²) in [6, 6.07) is 3.95. The number of allylic oxidation sites excluding steroid dienone is 1. The van der Waals surface area contributed by atoms with Crippen molar-refractivity contribution in [2.75, 3.05) is 0 Å². The summed E-state index contributed by atoms with van der Waals surface area (Å²) >= 11 is 6.24. The molecule has 0 fully saturated rings. The van der Waals surface area contributed by atoms with Crippen molar-refractivity contribution >= 4 is 41.2 Å². The van der Waals surface area contributed by atoms with E-state index in [0.29, 0.717) is 0 Å². The van der Waals surface area contributed by atoms with Crippen molar-refractivity contribution in [1.29, 1.82) is 0 Å². The van der Waals surface area contributed by atoms with E-state index in [-0.39, 0.29) is 0 Å². The molecule has 16 heavy (non-hydrogen) atoms. The van der Waals surface area contributed by atoms with Crippen molar-refractivity contribution in [3.8, 4) is 0 Å². The van der Waals surface area contributed by atoms with Crippen LogP contribution in [0.4, 0.5) is 0 Å². The molecule has 0 saturated heterocycles. The zero-order valence-electron chi connectivity index (χ0n) is 9.36. The molecule has 1 heterocycles. The average Bonchev–Trinajstić information content (AvgIpc) is 2.53. The molecule has 2 rings (SSSR count). The Morgan fingerprint density at radius 3 is 2.69 bits per heavy atom. The van der Waals surface area contributed by atoms with Crippen molar-refractivity contribution in [3.05, 3.63) is 39.9 Å². The molecule has 0 radical (unpaired) electrons. The number of H-pyrrole nitrogens is 1. The van der Waals surface area contributed by atoms with Crippen LogP contribution in [0.25, 0.3) is 29.6 Å². The maximum Gasteiger partial charge on any atom is 0.0488 e. The molecule has 0 amide bonds. The summed E-state index contributed by atoms with van der Waals surface area (Å²) in [5.41, 5.74) is 3.06. The van der Waals surface area contributed by atoms with Gasteiger partial charge in [0.1, 0.15) is 0 Å². The topological polar surface area (TPSA) is 15.8 Å². The van der Waals surface area contributed by atoms with E-state index in [0.717, 1.165) is 44.1 Å². The van der Waals surface area contributed by atoms with Crippen LogP contribution in [0, 0.1) is 0 Å². The minimum absolute atomic E-state index is 0.725. The Morgan fingerprint density at radius 1 is 1.38 bits per heavy atom. The second-order valence-electron chi connectivity index (χ2n) is 3.92. The minimum atomic E-state index is 0.725. The van der Waals surface area contributed by atoms with E-state index >= 15 is 0 Å². The number of halogens is 1. The predicted octanol–water partition coefficient (Wildman–Crippen LogP) is 3.07. The van der Waals surface area contributed by atoms with Crippen LogP contribution in [-0.2, 0) is 0 Å². The quantitative estimate of drug-likeness (QED) is 0.818. The number of hydrogen-bond donors (Lipinski definition) is 1. The van der Waals surface area contributed by atoms with Crippen LogP contribution in [0.15, 0.2) is 18.7 Å². The van der Waals surface area contributed by atoms with Gasteiger partial charge < -0.3 is 4.98 Å². The minimum Gasteiger partial charge on any atom is -0.355 e. The van der Waals surface area contributed by atoms with Crippen molar-refractivity contribution < 1.29 is 0 Å². The standard InChI is InChI=1S/C14H14ClN/c1-5-8(2)11-7-14-12(6-13(11)15)9(3)10(4)16-14/h6-7,16H,2-5H2,1H3. The smallest absolute Gasteiger partial charge is 0.0488 e. The number of benzene rings is 1. The van der Waals surface area contributed by atoms with E-state index in [2.05, 4.69) is 31.6 Å². The molecule has 1 nitrogen and oxygen atoms in total. The first-order valence-electron chi connectivity index (χ1n) is 5.22. The number of fused-ring (bicyclic) bond motifs is 1. The van der Waals surface area contributed by atoms with E-state index < -0.39 is 0 Å². The largest absolute Gasteiger partial charge is 0.355 e. The van der Waals surface area contributed by atoms with Gasteiger partial charge in [0.25, 0.3) is 0 Å². The maximum absolute atomic E-state index is 6.24. The Morgan fingerprint density at radius 2 is 2.06 bits per heavy atom. The number of hydrogen-bond acceptors (Lipinski definition) is 0. The Labute approximate surface area is 99.7 Å². The van der Waals surface area contributed by atoms with Gasteiger partial charge in [0.2, 0.25) is 0 Å². The first-order valence-corrected chi connectivity index (χ1v) is 5.59. The third kappa shape index (κ3) is 1.57. The fourth-order valence-electron chi connectivity index (χ4n) is 1.79. The highest BCUT2D eigenvalue weighted by Gasteiger charge is 2.07. The van der Waals surface area contributed by atoms with Crippen LogP contribution < -0.4 is 10.6 Å². The molecule has 0 atom stereocenters. The van der Waals surface area contributed by atoms with Gasteiger partial charge in [-0.25, -0.2) is 0 Å². The molecule has 2 heteroatoms. The van der Waals surface area contributed by atoms with Gasteiger partial charge in [-0.15, -0.1) is 0 Å². The third-order valence-electron chi connectivity index (χ3n) is 2.89. The van der Waals surface area contributed by atoms with Gasteiger partial charge in [-0.3, -0.25) is 0 Å². The van der Waals surface area contributed by atoms with Crippen LogP contribution >= 0.6 is 11.6 Å². The lowest BCUT2D eigenvalue weighted by molar-refractivity contribution is 1.25. The summed E-state index contributed by atoms with van der Waals surface area (Å²) in [6.07, 6.45) is 0.889. The van der Waals surface area contributed by atoms with Crippen molar-refractivity contribution in [2.24, 2.45) is 0 Å². The summed E-state index contributed by atoms with van der Waals surface area (Å²) in [5, 5.41) is 3.50. The maximum atomic E-state index is 6.24. The Kier molecular flexibility index (Phi) is 2.64. The van der Waals surface area contributed by atoms with E-state index in [1.807, 2.05) is 12.1 Å². The number of aromatic nitrogens is 1. The van der Waals surface area contributed by atoms with Gasteiger partial charge in [-0.05, 0) is 34.9 Å². The highest BCUT2D eigenvalue weighted by molar-refractivity contribution is 6.33. The number of rotatable bonds is 2. The fraction of sp³-hybridized carbons (Fsp3) is 0.143. The lowest BCUT2D eigenvalue weighted by atomic mass is 10.0. The van der Waals surface area contributed by atoms with E-state index in [4.69, 9.17) is 11.6 Å². The molecule has 1 aromatic carbocycles. The van der Waals surface area contributed by atoms with Crippen molar-refractivity contribution in [3.63, 3.8) is 0 Å². The molecule has 0 spiro atoms. The lowest BCUT2D eigenvalue weighted by Crippen LogP contribution is -2.18. The zero-order valence-corrected chi connectivity index (χ0v) is 10.1. The molecule has 0 unspecified atom stereocenters. The van der Waals surface area contributed by atoms with Gasteiger partial charge in [0.05, 0.1) is 0 Å². The number of nitrogens with one attached hydrogen (secondary N) is 1. The molecular weight excluding hydrogens is 218 g/mol. The van der Waals surface area contributed by atoms with E-state index in [1.165, 1.54) is 0 Å². The van der Waals surface area contributed by atoms with Crippen LogP contribution in [-0.4, -0.2) is 4.98 Å². The molecule has 0 saturated carbocycles. The summed E-state index contributed by atoms with van der Waals surface area (Å²) in [7, 11) is 0. The summed E-state index contributed by atoms with van der Waals surface area (Å²) in [6.45, 7) is 13.9. The Bertz CT molecular complexity index is 664. The van der Waals surface area contributed by atoms with Crippen LogP contribution in [0.5, 0.6) is 0 Å². The van der Waals surface area contributed by atoms with Crippen LogP contribution in [0.3, 0.4) is 0 Å². The molecule has 0 aliphatic heterocycles. The molecule has 82 valence electrons. The SMILES string of the molecule is C=C(CC)c1cc2[nH]c(=C)c(=C)c2cc1Cl. The zero-order chi connectivity index (χ0) is 11.9. The predicted molar refractivity (Wildman–Crippen MR) is 72.9 cm³/mol. The van der Waals surface area contributed by atoms with Crippen LogP contribution in [0.1, 0.15) is 18.9 Å². The molecule has 0 bridgehead atoms. The van der Waals surface area contributed by atoms with Gasteiger partial charge in [-0.2, -0.15) is 0 Å². The van der Waals surface area contributed by atoms with E-state index in [1.54, 1.807) is 0 Å². The van der Waals surface area contributed by atoms with Gasteiger partial charge in [0.15, 0.2) is 0 Å². The van der Waals surface area contributed by atoms with Gasteiger partial charge >= 0.3 is 0 Å². The first-order chi connectivity index (χ1) is 7.54. The van der Waals surface area contributed by atoms with E-state index in [9.17, 15) is 0 Å². The van der Waals surface area contributed by atoms with Gasteiger partial charge in [-0.1, -0.05) is 38.3 Å². The molecular formula is C14H14ClN. The molecule has 2 aromatic rings. The highest BCUT2D eigenvalue weighted by Crippen LogP contribution is 2.27. The van der Waals surface area contributed by atoms with Crippen molar-refractivity contribution in [2.45, 2.75) is 13.3 Å². The first kappa shape index (κ1) is 11.0. The van der Waals surface area contributed by atoms with Crippen molar-refractivity contribution in [1.82, 2.24) is 4.98 Å². The summed E-state index contributed by atoms with van der Waals surface area (Å²) in [4.78, 5) is 3.20.